The van der Waals surface area contributed by atoms with Crippen LogP contribution in [0.25, 0.3) is 0 Å². The molecule has 1 rings (SSSR count). The van der Waals surface area contributed by atoms with Crippen molar-refractivity contribution in [3.8, 4) is 11.8 Å². The van der Waals surface area contributed by atoms with E-state index in [9.17, 15) is 5.26 Å². The molecule has 2 nitrogen and oxygen atoms in total. The van der Waals surface area contributed by atoms with E-state index in [1.54, 1.807) is 0 Å². The molecule has 0 aliphatic heterocycles. The third kappa shape index (κ3) is 4.95. The van der Waals surface area contributed by atoms with Crippen LogP contribution < -0.4 is 4.74 Å². The van der Waals surface area contributed by atoms with E-state index in [1.165, 1.54) is 5.56 Å². The Bertz CT molecular complexity index is 398. The summed E-state index contributed by atoms with van der Waals surface area (Å²) in [6.07, 6.45) is 4.93. The number of nitriles is 1. The second kappa shape index (κ2) is 7.84. The maximum Gasteiger partial charge on any atom is 0.119 e. The van der Waals surface area contributed by atoms with Gasteiger partial charge in [0.2, 0.25) is 0 Å². The molecular weight excluding hydrogens is 234 g/mol. The minimum Gasteiger partial charge on any atom is -0.494 e. The fraction of sp³-hybridized carbons (Fsp3) is 0.588. The summed E-state index contributed by atoms with van der Waals surface area (Å²) in [7, 11) is 0. The summed E-state index contributed by atoms with van der Waals surface area (Å²) in [6, 6.07) is 10.6. The number of aryl methyl sites for hydroxylation is 1. The Morgan fingerprint density at radius 3 is 2.26 bits per heavy atom. The SMILES string of the molecule is CCC(C#N)(CC)CCCCOc1ccc(C)cc1. The van der Waals surface area contributed by atoms with Gasteiger partial charge >= 0.3 is 0 Å². The molecule has 0 aliphatic carbocycles. The molecule has 0 atom stereocenters. The number of nitrogens with zero attached hydrogens (tertiary/aromatic N) is 1. The largest absolute Gasteiger partial charge is 0.494 e. The monoisotopic (exact) mass is 259 g/mol. The van der Waals surface area contributed by atoms with Crippen LogP contribution in [0.4, 0.5) is 0 Å². The fourth-order valence-electron chi connectivity index (χ4n) is 2.21. The van der Waals surface area contributed by atoms with Crippen molar-refractivity contribution in [2.75, 3.05) is 6.61 Å². The summed E-state index contributed by atoms with van der Waals surface area (Å²) in [6.45, 7) is 7.02. The number of unbranched alkanes of at least 4 members (excludes halogenated alkanes) is 1. The van der Waals surface area contributed by atoms with Crippen molar-refractivity contribution in [2.24, 2.45) is 5.41 Å². The quantitative estimate of drug-likeness (QED) is 0.624. The van der Waals surface area contributed by atoms with Crippen LogP contribution in [-0.4, -0.2) is 6.61 Å². The average molecular weight is 259 g/mol. The fourth-order valence-corrected chi connectivity index (χ4v) is 2.21. The van der Waals surface area contributed by atoms with Crippen LogP contribution in [0.1, 0.15) is 51.5 Å². The highest BCUT2D eigenvalue weighted by Crippen LogP contribution is 2.31. The van der Waals surface area contributed by atoms with Crippen LogP contribution in [0.2, 0.25) is 0 Å². The standard InChI is InChI=1S/C17H25NO/c1-4-17(5-2,14-18)12-6-7-13-19-16-10-8-15(3)9-11-16/h8-11H,4-7,12-13H2,1-3H3. The molecule has 1 aromatic rings. The first kappa shape index (κ1) is 15.6. The van der Waals surface area contributed by atoms with Gasteiger partial charge in [-0.3, -0.25) is 0 Å². The van der Waals surface area contributed by atoms with E-state index >= 15 is 0 Å². The van der Waals surface area contributed by atoms with E-state index in [4.69, 9.17) is 4.74 Å². The van der Waals surface area contributed by atoms with Gasteiger partial charge in [-0.1, -0.05) is 31.5 Å². The molecule has 0 amide bonds. The molecule has 1 aromatic carbocycles. The van der Waals surface area contributed by atoms with Crippen molar-refractivity contribution in [3.05, 3.63) is 29.8 Å². The maximum atomic E-state index is 9.26. The number of benzene rings is 1. The maximum absolute atomic E-state index is 9.26. The first-order valence-electron chi connectivity index (χ1n) is 7.26. The lowest BCUT2D eigenvalue weighted by Gasteiger charge is -2.22. The molecule has 19 heavy (non-hydrogen) atoms. The van der Waals surface area contributed by atoms with E-state index in [0.29, 0.717) is 0 Å². The Kier molecular flexibility index (Phi) is 6.42. The highest BCUT2D eigenvalue weighted by molar-refractivity contribution is 5.26. The van der Waals surface area contributed by atoms with Gasteiger partial charge in [0.05, 0.1) is 18.1 Å². The summed E-state index contributed by atoms with van der Waals surface area (Å²) in [5.41, 5.74) is 1.13. The predicted molar refractivity (Wildman–Crippen MR) is 79.2 cm³/mol. The zero-order chi connectivity index (χ0) is 14.1. The van der Waals surface area contributed by atoms with E-state index in [2.05, 4.69) is 39.0 Å². The summed E-state index contributed by atoms with van der Waals surface area (Å²) < 4.78 is 5.69. The van der Waals surface area contributed by atoms with Crippen LogP contribution >= 0.6 is 0 Å². The molecule has 0 heterocycles. The smallest absolute Gasteiger partial charge is 0.119 e. The normalized spacial score (nSPS) is 11.1. The molecule has 0 aliphatic rings. The number of rotatable bonds is 8. The van der Waals surface area contributed by atoms with Crippen molar-refractivity contribution in [1.29, 1.82) is 5.26 Å². The lowest BCUT2D eigenvalue weighted by atomic mass is 9.79. The van der Waals surface area contributed by atoms with E-state index < -0.39 is 0 Å². The van der Waals surface area contributed by atoms with Crippen molar-refractivity contribution in [2.45, 2.75) is 52.9 Å². The Balaban J connectivity index is 2.24. The van der Waals surface area contributed by atoms with Gasteiger partial charge in [-0.25, -0.2) is 0 Å². The van der Waals surface area contributed by atoms with Crippen LogP contribution in [-0.2, 0) is 0 Å². The molecule has 0 unspecified atom stereocenters. The third-order valence-electron chi connectivity index (χ3n) is 3.93. The van der Waals surface area contributed by atoms with Gasteiger partial charge in [0.15, 0.2) is 0 Å². The number of hydrogen-bond donors (Lipinski definition) is 0. The molecule has 104 valence electrons. The summed E-state index contributed by atoms with van der Waals surface area (Å²) >= 11 is 0. The summed E-state index contributed by atoms with van der Waals surface area (Å²) in [5.74, 6) is 0.933. The second-order valence-electron chi connectivity index (χ2n) is 5.22. The molecule has 0 bridgehead atoms. The zero-order valence-electron chi connectivity index (χ0n) is 12.4. The van der Waals surface area contributed by atoms with E-state index in [0.717, 1.165) is 44.5 Å². The van der Waals surface area contributed by atoms with Gasteiger partial charge in [-0.15, -0.1) is 0 Å². The van der Waals surface area contributed by atoms with Gasteiger partial charge in [0.1, 0.15) is 5.75 Å². The molecule has 0 saturated heterocycles. The zero-order valence-corrected chi connectivity index (χ0v) is 12.4. The van der Waals surface area contributed by atoms with Crippen molar-refractivity contribution < 1.29 is 4.74 Å². The Morgan fingerprint density at radius 1 is 1.11 bits per heavy atom. The minimum absolute atomic E-state index is 0.121. The van der Waals surface area contributed by atoms with Crippen LogP contribution in [0.15, 0.2) is 24.3 Å². The molecule has 2 heteroatoms. The highest BCUT2D eigenvalue weighted by atomic mass is 16.5. The Hall–Kier alpha value is -1.49. The van der Waals surface area contributed by atoms with Gasteiger partial charge in [0, 0.05) is 0 Å². The number of ether oxygens (including phenoxy) is 1. The van der Waals surface area contributed by atoms with Gasteiger partial charge < -0.3 is 4.74 Å². The molecule has 0 fully saturated rings. The topological polar surface area (TPSA) is 33.0 Å². The molecule has 0 saturated carbocycles. The number of hydrogen-bond acceptors (Lipinski definition) is 2. The van der Waals surface area contributed by atoms with Gasteiger partial charge in [0.25, 0.3) is 0 Å². The van der Waals surface area contributed by atoms with Gasteiger partial charge in [-0.05, 0) is 51.2 Å². The average Bonchev–Trinajstić information content (AvgIpc) is 2.45. The summed E-state index contributed by atoms with van der Waals surface area (Å²) in [4.78, 5) is 0. The molecular formula is C17H25NO. The first-order valence-corrected chi connectivity index (χ1v) is 7.26. The predicted octanol–water partition coefficient (Wildman–Crippen LogP) is 4.87. The minimum atomic E-state index is -0.121. The van der Waals surface area contributed by atoms with Crippen LogP contribution in [0.3, 0.4) is 0 Å². The van der Waals surface area contributed by atoms with Crippen molar-refractivity contribution >= 4 is 0 Å². The Morgan fingerprint density at radius 2 is 1.74 bits per heavy atom. The highest BCUT2D eigenvalue weighted by Gasteiger charge is 2.24. The van der Waals surface area contributed by atoms with Crippen LogP contribution in [0.5, 0.6) is 5.75 Å². The van der Waals surface area contributed by atoms with Crippen molar-refractivity contribution in [3.63, 3.8) is 0 Å². The van der Waals surface area contributed by atoms with E-state index in [-0.39, 0.29) is 5.41 Å². The molecule has 0 N–H and O–H groups in total. The molecule has 0 radical (unpaired) electrons. The molecule has 0 aromatic heterocycles. The third-order valence-corrected chi connectivity index (χ3v) is 3.93. The van der Waals surface area contributed by atoms with Crippen molar-refractivity contribution in [1.82, 2.24) is 0 Å². The van der Waals surface area contributed by atoms with Crippen LogP contribution in [0, 0.1) is 23.7 Å². The molecule has 0 spiro atoms. The lowest BCUT2D eigenvalue weighted by molar-refractivity contribution is 0.276. The lowest BCUT2D eigenvalue weighted by Crippen LogP contribution is -2.16. The van der Waals surface area contributed by atoms with Gasteiger partial charge in [-0.2, -0.15) is 5.26 Å². The second-order valence-corrected chi connectivity index (χ2v) is 5.22. The summed E-state index contributed by atoms with van der Waals surface area (Å²) in [5, 5.41) is 9.26. The first-order chi connectivity index (χ1) is 9.15. The van der Waals surface area contributed by atoms with E-state index in [1.807, 2.05) is 12.1 Å². The Labute approximate surface area is 117 Å².